The first-order valence-corrected chi connectivity index (χ1v) is 7.99. The molecule has 22 heavy (non-hydrogen) atoms. The number of fused-ring (bicyclic) bond motifs is 1. The van der Waals surface area contributed by atoms with Gasteiger partial charge >= 0.3 is 0 Å². The number of morpholine rings is 1. The van der Waals surface area contributed by atoms with Gasteiger partial charge in [-0.3, -0.25) is 4.79 Å². The summed E-state index contributed by atoms with van der Waals surface area (Å²) in [5.74, 6) is 0.241. The lowest BCUT2D eigenvalue weighted by Gasteiger charge is -2.46. The van der Waals surface area contributed by atoms with Crippen molar-refractivity contribution < 1.29 is 9.53 Å². The average molecular weight is 304 g/mol. The molecule has 2 aliphatic rings. The number of aromatic nitrogens is 2. The number of likely N-dealkylation sites (tertiary alicyclic amines) is 1. The molecule has 0 spiro atoms. The number of carbonyl (C=O) groups is 1. The van der Waals surface area contributed by atoms with E-state index >= 15 is 0 Å². The van der Waals surface area contributed by atoms with E-state index in [4.69, 9.17) is 4.74 Å². The summed E-state index contributed by atoms with van der Waals surface area (Å²) in [4.78, 5) is 25.7. The summed E-state index contributed by atoms with van der Waals surface area (Å²) in [6.45, 7) is 7.24. The van der Waals surface area contributed by atoms with Gasteiger partial charge in [-0.2, -0.15) is 0 Å². The lowest BCUT2D eigenvalue weighted by atomic mass is 9.97. The summed E-state index contributed by atoms with van der Waals surface area (Å²) in [5, 5.41) is 0. The molecule has 1 aromatic rings. The Morgan fingerprint density at radius 1 is 1.41 bits per heavy atom. The Bertz CT molecular complexity index is 549. The van der Waals surface area contributed by atoms with Crippen LogP contribution >= 0.6 is 0 Å². The molecule has 0 aromatic carbocycles. The van der Waals surface area contributed by atoms with Gasteiger partial charge in [0.1, 0.15) is 6.33 Å². The molecule has 0 saturated carbocycles. The molecule has 2 fully saturated rings. The van der Waals surface area contributed by atoms with E-state index in [2.05, 4.69) is 35.8 Å². The van der Waals surface area contributed by atoms with Gasteiger partial charge < -0.3 is 14.5 Å². The molecule has 1 aromatic heterocycles. The van der Waals surface area contributed by atoms with Crippen LogP contribution in [0, 0.1) is 0 Å². The fraction of sp³-hybridized carbons (Fsp3) is 0.688. The van der Waals surface area contributed by atoms with E-state index in [1.807, 2.05) is 4.90 Å². The zero-order chi connectivity index (χ0) is 15.7. The second-order valence-corrected chi connectivity index (χ2v) is 6.50. The highest BCUT2D eigenvalue weighted by molar-refractivity contribution is 5.95. The van der Waals surface area contributed by atoms with Crippen molar-refractivity contribution in [3.8, 4) is 0 Å². The second-order valence-electron chi connectivity index (χ2n) is 6.50. The normalized spacial score (nSPS) is 26.1. The molecule has 0 N–H and O–H groups in total. The van der Waals surface area contributed by atoms with Crippen LogP contribution in [-0.2, 0) is 4.74 Å². The Balaban J connectivity index is 1.87. The molecule has 0 radical (unpaired) electrons. The SMILES string of the molecule is CC(C)c1ncncc1C(=O)N1CCOC2CCN(C)CC21. The van der Waals surface area contributed by atoms with Crippen molar-refractivity contribution >= 4 is 5.91 Å². The van der Waals surface area contributed by atoms with Gasteiger partial charge in [0, 0.05) is 25.8 Å². The molecule has 0 bridgehead atoms. The molecular weight excluding hydrogens is 280 g/mol. The number of amides is 1. The highest BCUT2D eigenvalue weighted by atomic mass is 16.5. The summed E-state index contributed by atoms with van der Waals surface area (Å²) in [6, 6.07) is 0.125. The molecule has 3 heterocycles. The molecule has 0 aliphatic carbocycles. The minimum Gasteiger partial charge on any atom is -0.374 e. The highest BCUT2D eigenvalue weighted by Crippen LogP contribution is 2.25. The van der Waals surface area contributed by atoms with Crippen molar-refractivity contribution in [2.24, 2.45) is 0 Å². The van der Waals surface area contributed by atoms with E-state index in [1.54, 1.807) is 6.20 Å². The first-order chi connectivity index (χ1) is 10.6. The zero-order valence-corrected chi connectivity index (χ0v) is 13.5. The Labute approximate surface area is 131 Å². The van der Waals surface area contributed by atoms with Crippen LogP contribution in [0.3, 0.4) is 0 Å². The molecule has 2 atom stereocenters. The van der Waals surface area contributed by atoms with Crippen LogP contribution in [0.2, 0.25) is 0 Å². The Hall–Kier alpha value is -1.53. The molecular formula is C16H24N4O2. The maximum Gasteiger partial charge on any atom is 0.257 e. The maximum atomic E-state index is 13.1. The van der Waals surface area contributed by atoms with E-state index in [0.717, 1.165) is 25.2 Å². The topological polar surface area (TPSA) is 58.6 Å². The summed E-state index contributed by atoms with van der Waals surface area (Å²) < 4.78 is 5.87. The van der Waals surface area contributed by atoms with Crippen LogP contribution in [0.1, 0.15) is 42.2 Å². The smallest absolute Gasteiger partial charge is 0.257 e. The summed E-state index contributed by atoms with van der Waals surface area (Å²) >= 11 is 0. The fourth-order valence-electron chi connectivity index (χ4n) is 3.40. The van der Waals surface area contributed by atoms with Crippen LogP contribution in [0.25, 0.3) is 0 Å². The van der Waals surface area contributed by atoms with Crippen LogP contribution < -0.4 is 0 Å². The number of nitrogens with zero attached hydrogens (tertiary/aromatic N) is 4. The van der Waals surface area contributed by atoms with Gasteiger partial charge in [0.25, 0.3) is 5.91 Å². The van der Waals surface area contributed by atoms with Crippen molar-refractivity contribution in [2.75, 3.05) is 33.3 Å². The minimum absolute atomic E-state index is 0.0397. The monoisotopic (exact) mass is 304 g/mol. The lowest BCUT2D eigenvalue weighted by Crippen LogP contribution is -2.60. The van der Waals surface area contributed by atoms with Crippen molar-refractivity contribution in [1.82, 2.24) is 19.8 Å². The van der Waals surface area contributed by atoms with Crippen molar-refractivity contribution in [3.63, 3.8) is 0 Å². The highest BCUT2D eigenvalue weighted by Gasteiger charge is 2.39. The first-order valence-electron chi connectivity index (χ1n) is 7.99. The van der Waals surface area contributed by atoms with Crippen molar-refractivity contribution in [1.29, 1.82) is 0 Å². The quantitative estimate of drug-likeness (QED) is 0.820. The third-order valence-corrected chi connectivity index (χ3v) is 4.57. The van der Waals surface area contributed by atoms with Crippen molar-refractivity contribution in [2.45, 2.75) is 38.3 Å². The van der Waals surface area contributed by atoms with Crippen molar-refractivity contribution in [3.05, 3.63) is 23.8 Å². The molecule has 6 nitrogen and oxygen atoms in total. The van der Waals surface area contributed by atoms with E-state index in [9.17, 15) is 4.79 Å². The standard InChI is InChI=1S/C16H24N4O2/c1-11(2)15-12(8-17-10-18-15)16(21)20-6-7-22-14-4-5-19(3)9-13(14)20/h8,10-11,13-14H,4-7,9H2,1-3H3. The van der Waals surface area contributed by atoms with Crippen LogP contribution in [0.4, 0.5) is 0 Å². The number of hydrogen-bond donors (Lipinski definition) is 0. The van der Waals surface area contributed by atoms with Gasteiger partial charge in [0.05, 0.1) is 30.0 Å². The molecule has 2 unspecified atom stereocenters. The maximum absolute atomic E-state index is 13.1. The van der Waals surface area contributed by atoms with Gasteiger partial charge in [-0.15, -0.1) is 0 Å². The Morgan fingerprint density at radius 3 is 3.00 bits per heavy atom. The van der Waals surface area contributed by atoms with Crippen LogP contribution in [0.5, 0.6) is 0 Å². The molecule has 6 heteroatoms. The molecule has 2 aliphatic heterocycles. The van der Waals surface area contributed by atoms with Crippen LogP contribution in [-0.4, -0.2) is 71.1 Å². The number of piperidine rings is 1. The molecule has 120 valence electrons. The predicted octanol–water partition coefficient (Wildman–Crippen LogP) is 1.15. The summed E-state index contributed by atoms with van der Waals surface area (Å²) in [5.41, 5.74) is 1.46. The van der Waals surface area contributed by atoms with E-state index in [0.29, 0.717) is 18.7 Å². The number of ether oxygens (including phenoxy) is 1. The van der Waals surface area contributed by atoms with E-state index in [1.165, 1.54) is 6.33 Å². The third-order valence-electron chi connectivity index (χ3n) is 4.57. The van der Waals surface area contributed by atoms with E-state index < -0.39 is 0 Å². The summed E-state index contributed by atoms with van der Waals surface area (Å²) in [7, 11) is 2.10. The van der Waals surface area contributed by atoms with Gasteiger partial charge in [-0.05, 0) is 19.4 Å². The van der Waals surface area contributed by atoms with Gasteiger partial charge in [0.15, 0.2) is 0 Å². The number of rotatable bonds is 2. The largest absolute Gasteiger partial charge is 0.374 e. The second kappa shape index (κ2) is 6.30. The number of hydrogen-bond acceptors (Lipinski definition) is 5. The third kappa shape index (κ3) is 2.85. The van der Waals surface area contributed by atoms with Gasteiger partial charge in [-0.25, -0.2) is 9.97 Å². The Morgan fingerprint density at radius 2 is 2.23 bits per heavy atom. The van der Waals surface area contributed by atoms with Gasteiger partial charge in [0.2, 0.25) is 0 Å². The Kier molecular flexibility index (Phi) is 4.40. The minimum atomic E-state index is 0.0397. The summed E-state index contributed by atoms with van der Waals surface area (Å²) in [6.07, 6.45) is 4.30. The molecule has 3 rings (SSSR count). The zero-order valence-electron chi connectivity index (χ0n) is 13.5. The first kappa shape index (κ1) is 15.4. The average Bonchev–Trinajstić information content (AvgIpc) is 2.53. The van der Waals surface area contributed by atoms with Gasteiger partial charge in [-0.1, -0.05) is 13.8 Å². The van der Waals surface area contributed by atoms with Crippen LogP contribution in [0.15, 0.2) is 12.5 Å². The number of likely N-dealkylation sites (N-methyl/N-ethyl adjacent to an activating group) is 1. The van der Waals surface area contributed by atoms with E-state index in [-0.39, 0.29) is 24.0 Å². The molecule has 1 amide bonds. The fourth-order valence-corrected chi connectivity index (χ4v) is 3.40. The molecule has 2 saturated heterocycles. The number of carbonyl (C=O) groups excluding carboxylic acids is 1. The predicted molar refractivity (Wildman–Crippen MR) is 82.8 cm³/mol. The lowest BCUT2D eigenvalue weighted by molar-refractivity contribution is -0.0870.